The Morgan fingerprint density at radius 3 is 2.52 bits per heavy atom. The number of aromatic nitrogens is 2. The van der Waals surface area contributed by atoms with E-state index in [4.69, 9.17) is 4.74 Å². The normalized spacial score (nSPS) is 11.3. The Bertz CT molecular complexity index is 1380. The van der Waals surface area contributed by atoms with E-state index in [1.807, 2.05) is 30.3 Å². The number of ether oxygens (including phenoxy) is 1. The largest absolute Gasteiger partial charge is 0.489 e. The number of aromatic carboxylic acids is 1. The van der Waals surface area contributed by atoms with Crippen LogP contribution in [0.4, 0.5) is 0 Å². The molecule has 0 unspecified atom stereocenters. The fourth-order valence-corrected chi connectivity index (χ4v) is 4.55. The Hall–Kier alpha value is -3.91. The van der Waals surface area contributed by atoms with Crippen molar-refractivity contribution in [3.8, 4) is 16.9 Å². The maximum absolute atomic E-state index is 12.5. The molecule has 1 aromatic heterocycles. The van der Waals surface area contributed by atoms with Crippen LogP contribution in [-0.2, 0) is 23.0 Å². The number of rotatable bonds is 8. The van der Waals surface area contributed by atoms with Crippen LogP contribution in [-0.4, -0.2) is 35.3 Å². The topological polar surface area (TPSA) is 98.5 Å². The summed E-state index contributed by atoms with van der Waals surface area (Å²) in [6, 6.07) is 19.2. The highest BCUT2D eigenvalue weighted by molar-refractivity contribution is 7.90. The fourth-order valence-electron chi connectivity index (χ4n) is 3.64. The number of carbonyl (C=O) groups is 1. The summed E-state index contributed by atoms with van der Waals surface area (Å²) in [7, 11) is -3.52. The Morgan fingerprint density at radius 2 is 1.85 bits per heavy atom. The molecule has 0 aliphatic carbocycles. The maximum Gasteiger partial charge on any atom is 0.336 e. The second-order valence-corrected chi connectivity index (χ2v) is 9.55. The molecule has 1 heterocycles. The lowest BCUT2D eigenvalue weighted by Gasteiger charge is -2.15. The van der Waals surface area contributed by atoms with Crippen LogP contribution in [0.25, 0.3) is 11.1 Å². The van der Waals surface area contributed by atoms with Crippen LogP contribution in [0.5, 0.6) is 5.75 Å². The van der Waals surface area contributed by atoms with Gasteiger partial charge in [-0.05, 0) is 41.0 Å². The van der Waals surface area contributed by atoms with Gasteiger partial charge in [0.2, 0.25) is 0 Å². The van der Waals surface area contributed by atoms with Gasteiger partial charge in [-0.15, -0.1) is 0 Å². The van der Waals surface area contributed by atoms with Gasteiger partial charge in [-0.2, -0.15) is 0 Å². The average molecular weight is 463 g/mol. The van der Waals surface area contributed by atoms with Gasteiger partial charge in [0.05, 0.1) is 16.8 Å². The van der Waals surface area contributed by atoms with E-state index in [2.05, 4.69) is 4.98 Å². The molecule has 4 aromatic rings. The van der Waals surface area contributed by atoms with Gasteiger partial charge in [0.15, 0.2) is 9.84 Å². The van der Waals surface area contributed by atoms with Crippen LogP contribution in [0.3, 0.4) is 0 Å². The number of imidazole rings is 1. The Balaban J connectivity index is 1.66. The van der Waals surface area contributed by atoms with Crippen LogP contribution in [0.2, 0.25) is 0 Å². The van der Waals surface area contributed by atoms with Gasteiger partial charge in [-0.3, -0.25) is 0 Å². The lowest BCUT2D eigenvalue weighted by molar-refractivity contribution is 0.0695. The van der Waals surface area contributed by atoms with Gasteiger partial charge in [0.25, 0.3) is 0 Å². The van der Waals surface area contributed by atoms with E-state index in [0.717, 1.165) is 11.8 Å². The number of benzene rings is 3. The first-order chi connectivity index (χ1) is 15.8. The molecule has 0 saturated carbocycles. The second kappa shape index (κ2) is 9.30. The van der Waals surface area contributed by atoms with E-state index < -0.39 is 15.8 Å². The molecule has 0 bridgehead atoms. The first-order valence-corrected chi connectivity index (χ1v) is 12.0. The monoisotopic (exact) mass is 462 g/mol. The van der Waals surface area contributed by atoms with Gasteiger partial charge in [0.1, 0.15) is 12.4 Å². The molecule has 0 aliphatic heterocycles. The quantitative estimate of drug-likeness (QED) is 0.420. The zero-order valence-corrected chi connectivity index (χ0v) is 18.7. The van der Waals surface area contributed by atoms with Crippen molar-refractivity contribution in [2.75, 3.05) is 6.26 Å². The van der Waals surface area contributed by atoms with Crippen molar-refractivity contribution in [2.24, 2.45) is 0 Å². The number of nitrogens with zero attached hydrogens (tertiary/aromatic N) is 2. The molecular formula is C25H22N2O5S. The number of carboxylic acid groups (broad SMARTS) is 1. The van der Waals surface area contributed by atoms with E-state index >= 15 is 0 Å². The molecule has 168 valence electrons. The molecule has 3 aromatic carbocycles. The van der Waals surface area contributed by atoms with Crippen molar-refractivity contribution >= 4 is 15.8 Å². The summed E-state index contributed by atoms with van der Waals surface area (Å²) in [6.07, 6.45) is 6.16. The number of hydrogen-bond donors (Lipinski definition) is 1. The molecule has 4 rings (SSSR count). The summed E-state index contributed by atoms with van der Waals surface area (Å²) in [6.45, 7) is 0.405. The molecule has 0 amide bonds. The molecule has 33 heavy (non-hydrogen) atoms. The van der Waals surface area contributed by atoms with Gasteiger partial charge in [0, 0.05) is 30.8 Å². The molecule has 0 radical (unpaired) electrons. The molecule has 8 heteroatoms. The average Bonchev–Trinajstić information content (AvgIpc) is 3.31. The van der Waals surface area contributed by atoms with Crippen LogP contribution in [0.15, 0.2) is 90.3 Å². The summed E-state index contributed by atoms with van der Waals surface area (Å²) >= 11 is 0. The molecule has 0 saturated heterocycles. The number of carboxylic acids is 1. The number of sulfone groups is 1. The molecule has 0 fully saturated rings. The van der Waals surface area contributed by atoms with Crippen LogP contribution in [0.1, 0.15) is 21.5 Å². The van der Waals surface area contributed by atoms with E-state index in [0.29, 0.717) is 29.0 Å². The zero-order valence-electron chi connectivity index (χ0n) is 17.9. The highest BCUT2D eigenvalue weighted by atomic mass is 32.2. The van der Waals surface area contributed by atoms with Crippen molar-refractivity contribution < 1.29 is 23.1 Å². The second-order valence-electron chi connectivity index (χ2n) is 7.57. The lowest BCUT2D eigenvalue weighted by atomic mass is 10.0. The third-order valence-electron chi connectivity index (χ3n) is 5.24. The first-order valence-electron chi connectivity index (χ1n) is 10.1. The minimum atomic E-state index is -3.52. The predicted octanol–water partition coefficient (Wildman–Crippen LogP) is 4.28. The van der Waals surface area contributed by atoms with E-state index in [1.54, 1.807) is 53.6 Å². The Morgan fingerprint density at radius 1 is 1.06 bits per heavy atom. The standard InChI is InChI=1S/C25H22N2O5S/c1-33(30,31)24-14-20(10-11-21(24)18-6-3-2-4-7-18)32-16-19-8-5-9-22(25(28)29)23(19)15-27-13-12-26-17-27/h2-14,17H,15-16H2,1H3,(H,28,29). The van der Waals surface area contributed by atoms with Gasteiger partial charge in [-0.25, -0.2) is 18.2 Å². The summed E-state index contributed by atoms with van der Waals surface area (Å²) < 4.78 is 32.7. The highest BCUT2D eigenvalue weighted by Crippen LogP contribution is 2.31. The van der Waals surface area contributed by atoms with Gasteiger partial charge in [-0.1, -0.05) is 42.5 Å². The SMILES string of the molecule is CS(=O)(=O)c1cc(OCc2cccc(C(=O)O)c2Cn2ccnc2)ccc1-c1ccccc1. The highest BCUT2D eigenvalue weighted by Gasteiger charge is 2.18. The third kappa shape index (κ3) is 5.12. The Kier molecular flexibility index (Phi) is 6.28. The van der Waals surface area contributed by atoms with E-state index in [9.17, 15) is 18.3 Å². The van der Waals surface area contributed by atoms with Crippen LogP contribution in [0, 0.1) is 0 Å². The summed E-state index contributed by atoms with van der Waals surface area (Å²) in [5, 5.41) is 9.64. The van der Waals surface area contributed by atoms with Crippen molar-refractivity contribution in [3.05, 3.63) is 102 Å². The first kappa shape index (κ1) is 22.3. The lowest BCUT2D eigenvalue weighted by Crippen LogP contribution is -2.11. The summed E-state index contributed by atoms with van der Waals surface area (Å²) in [5.41, 5.74) is 2.87. The van der Waals surface area contributed by atoms with Crippen molar-refractivity contribution in [3.63, 3.8) is 0 Å². The fraction of sp³-hybridized carbons (Fsp3) is 0.120. The van der Waals surface area contributed by atoms with Gasteiger partial charge >= 0.3 is 5.97 Å². The maximum atomic E-state index is 12.5. The van der Waals surface area contributed by atoms with E-state index in [-0.39, 0.29) is 17.1 Å². The van der Waals surface area contributed by atoms with Crippen molar-refractivity contribution in [1.82, 2.24) is 9.55 Å². The molecule has 1 N–H and O–H groups in total. The van der Waals surface area contributed by atoms with Crippen molar-refractivity contribution in [2.45, 2.75) is 18.0 Å². The van der Waals surface area contributed by atoms with Crippen molar-refractivity contribution in [1.29, 1.82) is 0 Å². The molecule has 7 nitrogen and oxygen atoms in total. The zero-order chi connectivity index (χ0) is 23.4. The molecule has 0 aliphatic rings. The van der Waals surface area contributed by atoms with E-state index in [1.165, 1.54) is 6.07 Å². The minimum Gasteiger partial charge on any atom is -0.489 e. The van der Waals surface area contributed by atoms with Crippen LogP contribution < -0.4 is 4.74 Å². The minimum absolute atomic E-state index is 0.0824. The number of hydrogen-bond acceptors (Lipinski definition) is 5. The third-order valence-corrected chi connectivity index (χ3v) is 6.37. The molecular weight excluding hydrogens is 440 g/mol. The Labute approximate surface area is 191 Å². The van der Waals surface area contributed by atoms with Crippen LogP contribution >= 0.6 is 0 Å². The predicted molar refractivity (Wildman–Crippen MR) is 124 cm³/mol. The molecule has 0 atom stereocenters. The summed E-state index contributed by atoms with van der Waals surface area (Å²) in [4.78, 5) is 16.0. The summed E-state index contributed by atoms with van der Waals surface area (Å²) in [5.74, 6) is -0.650. The van der Waals surface area contributed by atoms with Gasteiger partial charge < -0.3 is 14.4 Å². The molecule has 0 spiro atoms. The smallest absolute Gasteiger partial charge is 0.336 e.